The van der Waals surface area contributed by atoms with Crippen LogP contribution in [-0.2, 0) is 167 Å². The van der Waals surface area contributed by atoms with Crippen molar-refractivity contribution in [2.24, 2.45) is 0 Å². The Morgan fingerprint density at radius 3 is 0.861 bits per heavy atom. The van der Waals surface area contributed by atoms with Crippen molar-refractivity contribution >= 4 is 92.1 Å². The molecular weight excluding hydrogens is 1090 g/mol. The zero-order valence-corrected chi connectivity index (χ0v) is 43.8. The molecule has 0 aromatic carbocycles. The summed E-state index contributed by atoms with van der Waals surface area (Å²) in [7, 11) is 0. The van der Waals surface area contributed by atoms with E-state index in [1.54, 1.807) is 34.6 Å². The van der Waals surface area contributed by atoms with Crippen LogP contribution in [0.15, 0.2) is 0 Å². The predicted octanol–water partition coefficient (Wildman–Crippen LogP) is -2.00. The Hall–Kier alpha value is -8.15. The lowest BCUT2D eigenvalue weighted by Crippen LogP contribution is -2.27. The van der Waals surface area contributed by atoms with Gasteiger partial charge in [0.1, 0.15) is 46.2 Å². The molecule has 0 fully saturated rings. The van der Waals surface area contributed by atoms with Crippen molar-refractivity contribution < 1.29 is 167 Å². The van der Waals surface area contributed by atoms with Gasteiger partial charge in [-0.3, -0.25) is 28.8 Å². The van der Waals surface area contributed by atoms with Crippen molar-refractivity contribution in [1.82, 2.24) is 0 Å². The Kier molecular flexibility index (Phi) is 66.7. The van der Waals surface area contributed by atoms with Gasteiger partial charge in [0.05, 0.1) is 46.1 Å². The van der Waals surface area contributed by atoms with Crippen LogP contribution in [0.1, 0.15) is 62.3 Å². The Balaban J connectivity index is -0.000000210. The van der Waals surface area contributed by atoms with E-state index in [0.29, 0.717) is 0 Å². The highest BCUT2D eigenvalue weighted by atomic mass is 16.7. The van der Waals surface area contributed by atoms with Gasteiger partial charge in [-0.1, -0.05) is 7.43 Å². The molecule has 0 N–H and O–H groups in total. The van der Waals surface area contributed by atoms with Crippen molar-refractivity contribution in [2.75, 3.05) is 120 Å². The normalized spacial score (nSPS) is 9.96. The highest BCUT2D eigenvalue weighted by molar-refractivity contribution is 5.77. The quantitative estimate of drug-likeness (QED) is 0.0210. The van der Waals surface area contributed by atoms with Crippen molar-refractivity contribution in [3.05, 3.63) is 0 Å². The first kappa shape index (κ1) is 82.2. The summed E-state index contributed by atoms with van der Waals surface area (Å²) in [5.41, 5.74) is 0. The zero-order chi connectivity index (χ0) is 60.0. The van der Waals surface area contributed by atoms with E-state index in [9.17, 15) is 71.9 Å². The summed E-state index contributed by atoms with van der Waals surface area (Å²) in [5, 5.41) is 0. The third kappa shape index (κ3) is 67.8. The van der Waals surface area contributed by atoms with E-state index in [2.05, 4.69) is 80.5 Å². The lowest BCUT2D eigenvalue weighted by atomic mass is 10.4. The molecule has 79 heavy (non-hydrogen) atoms. The van der Waals surface area contributed by atoms with E-state index in [0.717, 1.165) is 0 Å². The van der Waals surface area contributed by atoms with Crippen molar-refractivity contribution in [3.63, 3.8) is 0 Å². The summed E-state index contributed by atoms with van der Waals surface area (Å²) in [6, 6.07) is 0. The smallest absolute Gasteiger partial charge is 0.337 e. The maximum absolute atomic E-state index is 11.1. The fraction of sp³-hybridized carbons (Fsp3) is 0.659. The summed E-state index contributed by atoms with van der Waals surface area (Å²) in [4.78, 5) is 157. The maximum atomic E-state index is 11.1. The summed E-state index contributed by atoms with van der Waals surface area (Å²) in [5.74, 6) is -6.24. The van der Waals surface area contributed by atoms with Crippen LogP contribution in [0, 0.1) is 0 Å². The van der Waals surface area contributed by atoms with Crippen molar-refractivity contribution in [2.45, 2.75) is 74.5 Å². The van der Waals surface area contributed by atoms with E-state index in [-0.39, 0.29) is 112 Å². The lowest BCUT2D eigenvalue weighted by Gasteiger charge is -2.11. The monoisotopic (exact) mass is 1160 g/mol. The first-order valence-electron chi connectivity index (χ1n) is 22.1. The van der Waals surface area contributed by atoms with Gasteiger partial charge < -0.3 is 94.7 Å². The molecule has 0 radical (unpaired) electrons. The zero-order valence-electron chi connectivity index (χ0n) is 43.8. The molecule has 0 saturated heterocycles. The lowest BCUT2D eigenvalue weighted by molar-refractivity contribution is -0.173. The molecular formula is C44H70O35. The van der Waals surface area contributed by atoms with Gasteiger partial charge >= 0.3 is 59.7 Å². The molecule has 2 atom stereocenters. The third-order valence-corrected chi connectivity index (χ3v) is 6.39. The highest BCUT2D eigenvalue weighted by Gasteiger charge is 2.18. The van der Waals surface area contributed by atoms with Gasteiger partial charge in [0, 0.05) is 0 Å². The summed E-state index contributed by atoms with van der Waals surface area (Å²) in [6.07, 6.45) is -1.80. The minimum atomic E-state index is -0.931. The van der Waals surface area contributed by atoms with Crippen LogP contribution in [0.5, 0.6) is 0 Å². The van der Waals surface area contributed by atoms with Crippen LogP contribution >= 0.6 is 0 Å². The molecule has 0 amide bonds. The van der Waals surface area contributed by atoms with Crippen molar-refractivity contribution in [3.8, 4) is 0 Å². The molecule has 0 rings (SSSR count). The van der Waals surface area contributed by atoms with Gasteiger partial charge in [0.2, 0.25) is 34.0 Å². The molecule has 0 aliphatic rings. The van der Waals surface area contributed by atoms with Crippen molar-refractivity contribution in [1.29, 1.82) is 0 Å². The summed E-state index contributed by atoms with van der Waals surface area (Å²) >= 11 is 0. The molecule has 0 bridgehead atoms. The second kappa shape index (κ2) is 64.1. The van der Waals surface area contributed by atoms with E-state index in [1.165, 1.54) is 13.8 Å². The average Bonchev–Trinajstić information content (AvgIpc) is 3.40. The van der Waals surface area contributed by atoms with Crippen LogP contribution in [0.2, 0.25) is 0 Å². The first-order chi connectivity index (χ1) is 37.3. The fourth-order valence-electron chi connectivity index (χ4n) is 3.28. The Labute approximate surface area is 452 Å². The average molecular weight is 1160 g/mol. The number of ether oxygens (including phenoxy) is 20. The van der Waals surface area contributed by atoms with E-state index < -0.39 is 126 Å². The van der Waals surface area contributed by atoms with E-state index in [1.807, 2.05) is 0 Å². The van der Waals surface area contributed by atoms with Crippen LogP contribution in [0.3, 0.4) is 0 Å². The second-order valence-electron chi connectivity index (χ2n) is 12.1. The van der Waals surface area contributed by atoms with Gasteiger partial charge in [-0.25, -0.2) is 43.2 Å². The molecule has 0 aromatic rings. The molecule has 0 aliphatic carbocycles. The third-order valence-electron chi connectivity index (χ3n) is 6.39. The molecule has 0 saturated carbocycles. The Morgan fingerprint density at radius 2 is 0.557 bits per heavy atom. The molecule has 0 spiro atoms. The largest absolute Gasteiger partial charge is 0.464 e. The summed E-state index contributed by atoms with van der Waals surface area (Å²) in [6.45, 7) is 8.54. The van der Waals surface area contributed by atoms with Gasteiger partial charge in [-0.05, 0) is 48.5 Å². The number of esters is 10. The van der Waals surface area contributed by atoms with Crippen LogP contribution in [0.4, 0.5) is 0 Å². The molecule has 456 valence electrons. The minimum Gasteiger partial charge on any atom is -0.464 e. The molecule has 0 aliphatic heterocycles. The van der Waals surface area contributed by atoms with Gasteiger partial charge in [-0.2, -0.15) is 0 Å². The summed E-state index contributed by atoms with van der Waals surface area (Å²) < 4.78 is 89.4. The van der Waals surface area contributed by atoms with Gasteiger partial charge in [0.15, 0.2) is 12.2 Å². The molecule has 2 unspecified atom stereocenters. The van der Waals surface area contributed by atoms with E-state index in [4.69, 9.17) is 14.2 Å². The van der Waals surface area contributed by atoms with Crippen LogP contribution < -0.4 is 0 Å². The minimum absolute atomic E-state index is 0. The maximum Gasteiger partial charge on any atom is 0.337 e. The molecule has 0 aromatic heterocycles. The molecule has 35 heteroatoms. The number of hydrogen-bond donors (Lipinski definition) is 0. The number of carbonyl (C=O) groups excluding carboxylic acids is 15. The molecule has 0 heterocycles. The number of hydrogen-bond acceptors (Lipinski definition) is 35. The SMILES string of the molecule is C.CCOC(=O)C(C)OCC(=O)OCOC=O.CCOC(=O)COC(C)C(=O)OCOC=O.CCOC(=O)COCC(=O)OCOC=O.CCOC(=O)COCC(=O)OCOC=O.CCOC(=O)COCCC(=O)OCOC=O. The van der Waals surface area contributed by atoms with Gasteiger partial charge in [0.25, 0.3) is 32.4 Å². The van der Waals surface area contributed by atoms with Gasteiger partial charge in [-0.15, -0.1) is 0 Å². The second-order valence-corrected chi connectivity index (χ2v) is 12.1. The predicted molar refractivity (Wildman–Crippen MR) is 248 cm³/mol. The first-order valence-corrected chi connectivity index (χ1v) is 22.1. The van der Waals surface area contributed by atoms with Crippen LogP contribution in [0.25, 0.3) is 0 Å². The molecule has 35 nitrogen and oxygen atoms in total. The fourth-order valence-corrected chi connectivity index (χ4v) is 3.28. The van der Waals surface area contributed by atoms with E-state index >= 15 is 0 Å². The topological polar surface area (TPSA) is 441 Å². The number of carbonyl (C=O) groups is 15. The highest BCUT2D eigenvalue weighted by Crippen LogP contribution is 1.97. The number of rotatable bonds is 41. The standard InChI is InChI=1S/3C9H14O7.2C8H12O7.CH4/c1-3-14-9(12)7(2)15-4-8(11)16-6-13-5-10;1-3-14-8(11)4-15-7(2)9(12)16-6-13-5-10;1-2-15-9(12)5-13-4-3-8(11)16-7-14-6-10;2*1-2-14-7(10)3-12-4-8(11)15-6-13-5-9;/h2*5,7H,3-4,6H2,1-2H3;6H,2-5,7H2,1H3;2*5H,2-4,6H2,1H3;1H4. The Bertz CT molecular complexity index is 1640. The Morgan fingerprint density at radius 1 is 0.316 bits per heavy atom. The van der Waals surface area contributed by atoms with Crippen LogP contribution in [-0.4, -0.2) is 224 Å².